The second-order valence-electron chi connectivity index (χ2n) is 7.32. The van der Waals surface area contributed by atoms with Crippen molar-refractivity contribution in [3.63, 3.8) is 0 Å². The van der Waals surface area contributed by atoms with Gasteiger partial charge >= 0.3 is 6.03 Å². The smallest absolute Gasteiger partial charge is 0.331 e. The molecule has 158 valence electrons. The van der Waals surface area contributed by atoms with Gasteiger partial charge in [0.15, 0.2) is 0 Å². The van der Waals surface area contributed by atoms with Gasteiger partial charge in [0.05, 0.1) is 18.9 Å². The standard InChI is InChI=1S/C24H22N2O5/c1-3-15(2)31-21-11-10-16-7-4-5-9-18(16)19(21)13-20-22(27)25-24(29)26(23(20)28)14-17-8-6-12-30-17/h4-13,15H,3,14H2,1-2H3,(H,25,27,29). The van der Waals surface area contributed by atoms with Gasteiger partial charge in [-0.1, -0.05) is 37.3 Å². The summed E-state index contributed by atoms with van der Waals surface area (Å²) in [7, 11) is 0. The Morgan fingerprint density at radius 2 is 1.90 bits per heavy atom. The van der Waals surface area contributed by atoms with Crippen molar-refractivity contribution < 1.29 is 23.5 Å². The van der Waals surface area contributed by atoms with Crippen molar-refractivity contribution >= 4 is 34.7 Å². The SMILES string of the molecule is CCC(C)Oc1ccc2ccccc2c1C=C1C(=O)NC(=O)N(Cc2ccco2)C1=O. The molecule has 7 nitrogen and oxygen atoms in total. The maximum atomic E-state index is 13.1. The largest absolute Gasteiger partial charge is 0.490 e. The first-order chi connectivity index (χ1) is 15.0. The maximum absolute atomic E-state index is 13.1. The average Bonchev–Trinajstić information content (AvgIpc) is 3.28. The normalized spacial score (nSPS) is 16.6. The lowest BCUT2D eigenvalue weighted by atomic mass is 9.99. The van der Waals surface area contributed by atoms with E-state index in [0.717, 1.165) is 22.1 Å². The average molecular weight is 418 g/mol. The molecule has 0 bridgehead atoms. The summed E-state index contributed by atoms with van der Waals surface area (Å²) in [5.41, 5.74) is 0.473. The molecule has 1 unspecified atom stereocenters. The quantitative estimate of drug-likeness (QED) is 0.477. The number of fused-ring (bicyclic) bond motifs is 1. The number of barbiturate groups is 1. The van der Waals surface area contributed by atoms with Crippen LogP contribution in [0.15, 0.2) is 64.8 Å². The fourth-order valence-electron chi connectivity index (χ4n) is 3.37. The Bertz CT molecular complexity index is 1180. The minimum atomic E-state index is -0.780. The Kier molecular flexibility index (Phi) is 5.58. The van der Waals surface area contributed by atoms with E-state index in [4.69, 9.17) is 9.15 Å². The maximum Gasteiger partial charge on any atom is 0.331 e. The molecular formula is C24H22N2O5. The Hall–Kier alpha value is -3.87. The summed E-state index contributed by atoms with van der Waals surface area (Å²) in [6, 6.07) is 14.0. The number of rotatable bonds is 6. The molecule has 31 heavy (non-hydrogen) atoms. The van der Waals surface area contributed by atoms with Crippen LogP contribution in [-0.4, -0.2) is 28.8 Å². The van der Waals surface area contributed by atoms with Gasteiger partial charge in [-0.25, -0.2) is 4.79 Å². The molecule has 1 aromatic heterocycles. The molecule has 7 heteroatoms. The lowest BCUT2D eigenvalue weighted by Crippen LogP contribution is -2.53. The highest BCUT2D eigenvalue weighted by atomic mass is 16.5. The summed E-state index contributed by atoms with van der Waals surface area (Å²) in [6.45, 7) is 3.89. The zero-order valence-electron chi connectivity index (χ0n) is 17.3. The van der Waals surface area contributed by atoms with E-state index < -0.39 is 17.8 Å². The minimum Gasteiger partial charge on any atom is -0.490 e. The van der Waals surface area contributed by atoms with Crippen molar-refractivity contribution in [1.29, 1.82) is 0 Å². The highest BCUT2D eigenvalue weighted by Gasteiger charge is 2.36. The molecule has 3 aromatic rings. The van der Waals surface area contributed by atoms with Crippen molar-refractivity contribution in [2.24, 2.45) is 0 Å². The van der Waals surface area contributed by atoms with Crippen molar-refractivity contribution in [3.05, 3.63) is 71.7 Å². The van der Waals surface area contributed by atoms with Gasteiger partial charge in [-0.05, 0) is 48.4 Å². The number of benzene rings is 2. The molecule has 2 aromatic carbocycles. The highest BCUT2D eigenvalue weighted by molar-refractivity contribution is 6.31. The Morgan fingerprint density at radius 1 is 1.10 bits per heavy atom. The van der Waals surface area contributed by atoms with Crippen molar-refractivity contribution in [3.8, 4) is 5.75 Å². The molecule has 0 radical (unpaired) electrons. The van der Waals surface area contributed by atoms with Gasteiger partial charge < -0.3 is 9.15 Å². The topological polar surface area (TPSA) is 88.8 Å². The van der Waals surface area contributed by atoms with E-state index in [1.165, 1.54) is 12.3 Å². The number of carbonyl (C=O) groups is 3. The number of imide groups is 2. The third kappa shape index (κ3) is 4.07. The summed E-state index contributed by atoms with van der Waals surface area (Å²) >= 11 is 0. The first kappa shape index (κ1) is 20.4. The highest BCUT2D eigenvalue weighted by Crippen LogP contribution is 2.32. The third-order valence-electron chi connectivity index (χ3n) is 5.20. The first-order valence-electron chi connectivity index (χ1n) is 10.1. The van der Waals surface area contributed by atoms with Crippen LogP contribution in [0.4, 0.5) is 4.79 Å². The van der Waals surface area contributed by atoms with Crippen LogP contribution in [0.25, 0.3) is 16.8 Å². The van der Waals surface area contributed by atoms with E-state index in [9.17, 15) is 14.4 Å². The number of furan rings is 1. The van der Waals surface area contributed by atoms with Crippen LogP contribution in [0, 0.1) is 0 Å². The van der Waals surface area contributed by atoms with Crippen LogP contribution >= 0.6 is 0 Å². The number of carbonyl (C=O) groups excluding carboxylic acids is 3. The number of nitrogens with one attached hydrogen (secondary N) is 1. The Morgan fingerprint density at radius 3 is 2.65 bits per heavy atom. The molecule has 4 amide bonds. The molecule has 1 N–H and O–H groups in total. The Balaban J connectivity index is 1.80. The third-order valence-corrected chi connectivity index (χ3v) is 5.20. The van der Waals surface area contributed by atoms with Crippen molar-refractivity contribution in [2.45, 2.75) is 32.9 Å². The second-order valence-corrected chi connectivity index (χ2v) is 7.32. The second kappa shape index (κ2) is 8.47. The summed E-state index contributed by atoms with van der Waals surface area (Å²) in [6.07, 6.45) is 3.71. The van der Waals surface area contributed by atoms with Crippen LogP contribution in [0.1, 0.15) is 31.6 Å². The number of nitrogens with zero attached hydrogens (tertiary/aromatic N) is 1. The molecule has 2 heterocycles. The lowest BCUT2D eigenvalue weighted by molar-refractivity contribution is -0.130. The van der Waals surface area contributed by atoms with Crippen LogP contribution in [0.2, 0.25) is 0 Å². The van der Waals surface area contributed by atoms with Gasteiger partial charge in [-0.3, -0.25) is 19.8 Å². The van der Waals surface area contributed by atoms with E-state index >= 15 is 0 Å². The molecule has 4 rings (SSSR count). The van der Waals surface area contributed by atoms with E-state index in [1.807, 2.05) is 50.2 Å². The number of amides is 4. The molecule has 0 aliphatic carbocycles. The molecule has 1 atom stereocenters. The van der Waals surface area contributed by atoms with Gasteiger partial charge in [0, 0.05) is 5.56 Å². The summed E-state index contributed by atoms with van der Waals surface area (Å²) < 4.78 is 11.3. The van der Waals surface area contributed by atoms with Gasteiger partial charge in [0.2, 0.25) is 0 Å². The van der Waals surface area contributed by atoms with Crippen LogP contribution in [0.3, 0.4) is 0 Å². The van der Waals surface area contributed by atoms with Gasteiger partial charge in [-0.2, -0.15) is 0 Å². The van der Waals surface area contributed by atoms with Gasteiger partial charge in [0.25, 0.3) is 11.8 Å². The Labute approximate surface area is 179 Å². The summed E-state index contributed by atoms with van der Waals surface area (Å²) in [5.74, 6) is -0.431. The van der Waals surface area contributed by atoms with Gasteiger partial charge in [0.1, 0.15) is 17.1 Å². The molecule has 0 saturated carbocycles. The molecule has 1 aliphatic rings. The lowest BCUT2D eigenvalue weighted by Gasteiger charge is -2.26. The fraction of sp³-hybridized carbons (Fsp3) is 0.208. The predicted molar refractivity (Wildman–Crippen MR) is 115 cm³/mol. The number of ether oxygens (including phenoxy) is 1. The zero-order chi connectivity index (χ0) is 22.0. The predicted octanol–water partition coefficient (Wildman–Crippen LogP) is 4.27. The number of hydrogen-bond donors (Lipinski definition) is 1. The number of urea groups is 1. The fourth-order valence-corrected chi connectivity index (χ4v) is 3.37. The summed E-state index contributed by atoms with van der Waals surface area (Å²) in [5, 5.41) is 4.02. The van der Waals surface area contributed by atoms with Gasteiger partial charge in [-0.15, -0.1) is 0 Å². The first-order valence-corrected chi connectivity index (χ1v) is 10.1. The summed E-state index contributed by atoms with van der Waals surface area (Å²) in [4.78, 5) is 38.9. The molecule has 1 aliphatic heterocycles. The zero-order valence-corrected chi connectivity index (χ0v) is 17.3. The molecule has 1 saturated heterocycles. The van der Waals surface area contributed by atoms with E-state index in [-0.39, 0.29) is 18.2 Å². The monoisotopic (exact) mass is 418 g/mol. The van der Waals surface area contributed by atoms with Crippen molar-refractivity contribution in [2.75, 3.05) is 0 Å². The minimum absolute atomic E-state index is 0.0498. The van der Waals surface area contributed by atoms with Crippen LogP contribution in [-0.2, 0) is 16.1 Å². The van der Waals surface area contributed by atoms with E-state index in [2.05, 4.69) is 5.32 Å². The van der Waals surface area contributed by atoms with Crippen LogP contribution in [0.5, 0.6) is 5.75 Å². The molecule has 0 spiro atoms. The van der Waals surface area contributed by atoms with Crippen LogP contribution < -0.4 is 10.1 Å². The molecular weight excluding hydrogens is 396 g/mol. The van der Waals surface area contributed by atoms with Crippen molar-refractivity contribution in [1.82, 2.24) is 10.2 Å². The van der Waals surface area contributed by atoms with E-state index in [0.29, 0.717) is 17.1 Å². The molecule has 1 fully saturated rings. The number of hydrogen-bond acceptors (Lipinski definition) is 5. The van der Waals surface area contributed by atoms with E-state index in [1.54, 1.807) is 12.1 Å².